The normalized spacial score (nSPS) is 12.2. The molecule has 0 aliphatic carbocycles. The molecule has 0 aromatic heterocycles. The van der Waals surface area contributed by atoms with Crippen LogP contribution in [0.5, 0.6) is 0 Å². The van der Waals surface area contributed by atoms with Crippen molar-refractivity contribution in [2.24, 2.45) is 4.40 Å². The Labute approximate surface area is 104 Å². The van der Waals surface area contributed by atoms with E-state index in [1.165, 1.54) is 6.92 Å². The van der Waals surface area contributed by atoms with Gasteiger partial charge in [0.2, 0.25) is 0 Å². The second kappa shape index (κ2) is 5.58. The zero-order valence-corrected chi connectivity index (χ0v) is 10.7. The van der Waals surface area contributed by atoms with Crippen molar-refractivity contribution in [3.8, 4) is 0 Å². The van der Waals surface area contributed by atoms with Crippen LogP contribution in [-0.4, -0.2) is 25.8 Å². The number of sulfonamides is 1. The number of nitro benzene ring substituents is 1. The largest absolute Gasteiger partial charge is 0.481 e. The van der Waals surface area contributed by atoms with Crippen LogP contribution in [0.2, 0.25) is 0 Å². The van der Waals surface area contributed by atoms with Crippen molar-refractivity contribution in [1.29, 1.82) is 0 Å². The summed E-state index contributed by atoms with van der Waals surface area (Å²) in [5.41, 5.74) is -0.181. The summed E-state index contributed by atoms with van der Waals surface area (Å²) < 4.78 is 31.9. The maximum absolute atomic E-state index is 11.8. The Bertz CT molecular complexity index is 562. The SMILES string of the molecule is CCOC(C)=NS(=O)(=O)c1ccc([N+](=O)[O-])cc1. The first kappa shape index (κ1) is 14.1. The molecule has 0 heterocycles. The van der Waals surface area contributed by atoms with Crippen molar-refractivity contribution in [2.45, 2.75) is 18.7 Å². The highest BCUT2D eigenvalue weighted by atomic mass is 32.2. The summed E-state index contributed by atoms with van der Waals surface area (Å²) in [6.45, 7) is 3.44. The molecule has 0 N–H and O–H groups in total. The van der Waals surface area contributed by atoms with Crippen LogP contribution in [-0.2, 0) is 14.8 Å². The zero-order chi connectivity index (χ0) is 13.8. The molecule has 0 fully saturated rings. The number of benzene rings is 1. The molecule has 0 saturated carbocycles. The number of nitrogens with zero attached hydrogens (tertiary/aromatic N) is 2. The standard InChI is InChI=1S/C10H12N2O5S/c1-3-17-8(2)11-18(15,16)10-6-4-9(5-7-10)12(13)14/h4-7H,3H2,1-2H3. The molecule has 0 aliphatic heterocycles. The van der Waals surface area contributed by atoms with E-state index >= 15 is 0 Å². The first-order valence-electron chi connectivity index (χ1n) is 5.05. The smallest absolute Gasteiger partial charge is 0.285 e. The van der Waals surface area contributed by atoms with Gasteiger partial charge in [-0.1, -0.05) is 0 Å². The molecule has 0 amide bonds. The minimum absolute atomic E-state index is 0.0239. The van der Waals surface area contributed by atoms with Crippen molar-refractivity contribution >= 4 is 21.6 Å². The van der Waals surface area contributed by atoms with Crippen LogP contribution >= 0.6 is 0 Å². The van der Waals surface area contributed by atoms with E-state index in [2.05, 4.69) is 4.40 Å². The summed E-state index contributed by atoms with van der Waals surface area (Å²) in [6.07, 6.45) is 0. The van der Waals surface area contributed by atoms with E-state index in [0.717, 1.165) is 24.3 Å². The molecule has 98 valence electrons. The third kappa shape index (κ3) is 3.52. The van der Waals surface area contributed by atoms with Crippen molar-refractivity contribution in [1.82, 2.24) is 0 Å². The first-order chi connectivity index (χ1) is 8.36. The summed E-state index contributed by atoms with van der Waals surface area (Å²) in [5, 5.41) is 10.4. The number of hydrogen-bond acceptors (Lipinski definition) is 5. The summed E-state index contributed by atoms with van der Waals surface area (Å²) in [4.78, 5) is 9.71. The van der Waals surface area contributed by atoms with Crippen molar-refractivity contribution < 1.29 is 18.1 Å². The van der Waals surface area contributed by atoms with Gasteiger partial charge in [0.15, 0.2) is 5.90 Å². The summed E-state index contributed by atoms with van der Waals surface area (Å²) in [7, 11) is -3.88. The lowest BCUT2D eigenvalue weighted by Crippen LogP contribution is -2.05. The first-order valence-corrected chi connectivity index (χ1v) is 6.49. The van der Waals surface area contributed by atoms with E-state index in [0.29, 0.717) is 6.61 Å². The molecule has 1 aromatic rings. The van der Waals surface area contributed by atoms with E-state index in [4.69, 9.17) is 4.74 Å². The summed E-state index contributed by atoms with van der Waals surface area (Å²) in [6, 6.07) is 4.49. The fraction of sp³-hybridized carbons (Fsp3) is 0.300. The summed E-state index contributed by atoms with van der Waals surface area (Å²) in [5.74, 6) is 0.0239. The number of rotatable bonds is 4. The molecule has 1 rings (SSSR count). The molecule has 0 bridgehead atoms. The van der Waals surface area contributed by atoms with Gasteiger partial charge in [-0.05, 0) is 19.1 Å². The van der Waals surface area contributed by atoms with Crippen LogP contribution in [0.4, 0.5) is 5.69 Å². The van der Waals surface area contributed by atoms with E-state index in [1.807, 2.05) is 0 Å². The Balaban J connectivity index is 3.06. The molecule has 0 unspecified atom stereocenters. The number of hydrogen-bond donors (Lipinski definition) is 0. The van der Waals surface area contributed by atoms with Crippen LogP contribution in [0.25, 0.3) is 0 Å². The molecule has 0 spiro atoms. The zero-order valence-electron chi connectivity index (χ0n) is 9.86. The molecule has 1 aromatic carbocycles. The van der Waals surface area contributed by atoms with Gasteiger partial charge in [-0.2, -0.15) is 8.42 Å². The quantitative estimate of drug-likeness (QED) is 0.360. The lowest BCUT2D eigenvalue weighted by Gasteiger charge is -2.02. The van der Waals surface area contributed by atoms with Gasteiger partial charge < -0.3 is 4.74 Å². The van der Waals surface area contributed by atoms with Gasteiger partial charge in [0, 0.05) is 19.1 Å². The van der Waals surface area contributed by atoms with Crippen LogP contribution in [0.3, 0.4) is 0 Å². The Morgan fingerprint density at radius 2 is 1.94 bits per heavy atom. The average molecular weight is 272 g/mol. The molecular formula is C10H12N2O5S. The topological polar surface area (TPSA) is 98.9 Å². The van der Waals surface area contributed by atoms with Gasteiger partial charge in [0.05, 0.1) is 16.4 Å². The van der Waals surface area contributed by atoms with Gasteiger partial charge in [-0.3, -0.25) is 10.1 Å². The molecule has 7 nitrogen and oxygen atoms in total. The monoisotopic (exact) mass is 272 g/mol. The highest BCUT2D eigenvalue weighted by Crippen LogP contribution is 2.17. The Hall–Kier alpha value is -1.96. The Morgan fingerprint density at radius 1 is 1.39 bits per heavy atom. The van der Waals surface area contributed by atoms with Gasteiger partial charge in [-0.15, -0.1) is 4.40 Å². The summed E-state index contributed by atoms with van der Waals surface area (Å²) >= 11 is 0. The van der Waals surface area contributed by atoms with Crippen molar-refractivity contribution in [3.63, 3.8) is 0 Å². The third-order valence-electron chi connectivity index (χ3n) is 1.95. The third-order valence-corrected chi connectivity index (χ3v) is 3.31. The highest BCUT2D eigenvalue weighted by Gasteiger charge is 2.15. The molecule has 8 heteroatoms. The molecule has 0 radical (unpaired) electrons. The van der Waals surface area contributed by atoms with E-state index in [9.17, 15) is 18.5 Å². The molecule has 0 aliphatic rings. The van der Waals surface area contributed by atoms with E-state index < -0.39 is 14.9 Å². The molecule has 0 saturated heterocycles. The van der Waals surface area contributed by atoms with Crippen LogP contribution in [0, 0.1) is 10.1 Å². The highest BCUT2D eigenvalue weighted by molar-refractivity contribution is 7.90. The minimum Gasteiger partial charge on any atom is -0.481 e. The fourth-order valence-electron chi connectivity index (χ4n) is 1.20. The predicted octanol–water partition coefficient (Wildman–Crippen LogP) is 1.74. The molecular weight excluding hydrogens is 260 g/mol. The van der Waals surface area contributed by atoms with E-state index in [-0.39, 0.29) is 16.5 Å². The second-order valence-electron chi connectivity index (χ2n) is 3.27. The molecule has 0 atom stereocenters. The molecule has 18 heavy (non-hydrogen) atoms. The minimum atomic E-state index is -3.88. The maximum atomic E-state index is 11.8. The van der Waals surface area contributed by atoms with Gasteiger partial charge >= 0.3 is 0 Å². The Morgan fingerprint density at radius 3 is 2.39 bits per heavy atom. The van der Waals surface area contributed by atoms with Crippen molar-refractivity contribution in [3.05, 3.63) is 34.4 Å². The fourth-order valence-corrected chi connectivity index (χ4v) is 2.17. The number of non-ortho nitro benzene ring substituents is 1. The van der Waals surface area contributed by atoms with E-state index in [1.54, 1.807) is 6.92 Å². The van der Waals surface area contributed by atoms with Crippen LogP contribution in [0.15, 0.2) is 33.6 Å². The van der Waals surface area contributed by atoms with Crippen molar-refractivity contribution in [2.75, 3.05) is 6.61 Å². The second-order valence-corrected chi connectivity index (χ2v) is 4.87. The number of nitro groups is 1. The van der Waals surface area contributed by atoms with Gasteiger partial charge in [-0.25, -0.2) is 0 Å². The lowest BCUT2D eigenvalue weighted by atomic mass is 10.3. The van der Waals surface area contributed by atoms with Gasteiger partial charge in [0.1, 0.15) is 0 Å². The van der Waals surface area contributed by atoms with Crippen LogP contribution < -0.4 is 0 Å². The number of ether oxygens (including phenoxy) is 1. The van der Waals surface area contributed by atoms with Gasteiger partial charge in [0.25, 0.3) is 15.7 Å². The van der Waals surface area contributed by atoms with Crippen LogP contribution in [0.1, 0.15) is 13.8 Å². The lowest BCUT2D eigenvalue weighted by molar-refractivity contribution is -0.384. The Kier molecular flexibility index (Phi) is 4.38. The maximum Gasteiger partial charge on any atom is 0.285 e. The predicted molar refractivity (Wildman–Crippen MR) is 65.0 cm³/mol. The average Bonchev–Trinajstić information content (AvgIpc) is 2.28.